The normalized spacial score (nSPS) is 16.9. The molecule has 1 heterocycles. The number of aromatic nitrogens is 1. The Morgan fingerprint density at radius 1 is 1.45 bits per heavy atom. The maximum atomic E-state index is 11.8. The summed E-state index contributed by atoms with van der Waals surface area (Å²) >= 11 is 0. The molecule has 0 bridgehead atoms. The molecule has 20 heavy (non-hydrogen) atoms. The topological polar surface area (TPSA) is 54.3 Å². The van der Waals surface area contributed by atoms with Crippen molar-refractivity contribution in [2.75, 3.05) is 6.54 Å². The number of fused-ring (bicyclic) bond motifs is 1. The van der Waals surface area contributed by atoms with Crippen LogP contribution in [-0.4, -0.2) is 22.1 Å². The molecule has 3 rings (SSSR count). The van der Waals surface area contributed by atoms with Crippen LogP contribution in [0.5, 0.6) is 0 Å². The lowest BCUT2D eigenvalue weighted by Crippen LogP contribution is -2.36. The fraction of sp³-hybridized carbons (Fsp3) is 0.438. The van der Waals surface area contributed by atoms with E-state index in [1.54, 1.807) is 0 Å². The van der Waals surface area contributed by atoms with Crippen LogP contribution in [0, 0.1) is 5.92 Å². The molecule has 1 amide bonds. The summed E-state index contributed by atoms with van der Waals surface area (Å²) in [6.07, 6.45) is 4.46. The molecule has 0 unspecified atom stereocenters. The number of carbonyl (C=O) groups is 1. The third-order valence-corrected chi connectivity index (χ3v) is 4.24. The summed E-state index contributed by atoms with van der Waals surface area (Å²) in [6, 6.07) is 7.93. The molecule has 1 aliphatic rings. The molecule has 4 heteroatoms. The van der Waals surface area contributed by atoms with Crippen molar-refractivity contribution in [1.29, 1.82) is 0 Å². The van der Waals surface area contributed by atoms with Gasteiger partial charge in [-0.1, -0.05) is 12.5 Å². The molecular formula is C16H20N2O2. The number of nitrogens with one attached hydrogen (secondary N) is 1. The molecule has 0 spiro atoms. The zero-order chi connectivity index (χ0) is 14.1. The summed E-state index contributed by atoms with van der Waals surface area (Å²) in [5.41, 5.74) is 1.98. The second-order valence-electron chi connectivity index (χ2n) is 5.63. The van der Waals surface area contributed by atoms with E-state index in [4.69, 9.17) is 0 Å². The fourth-order valence-corrected chi connectivity index (χ4v) is 2.64. The van der Waals surface area contributed by atoms with E-state index in [-0.39, 0.29) is 18.4 Å². The second kappa shape index (κ2) is 5.29. The number of nitrogens with zero attached hydrogens (tertiary/aromatic N) is 1. The van der Waals surface area contributed by atoms with E-state index < -0.39 is 6.10 Å². The van der Waals surface area contributed by atoms with Gasteiger partial charge >= 0.3 is 0 Å². The van der Waals surface area contributed by atoms with Crippen LogP contribution in [0.15, 0.2) is 30.5 Å². The lowest BCUT2D eigenvalue weighted by Gasteiger charge is -2.24. The van der Waals surface area contributed by atoms with Gasteiger partial charge in [0.25, 0.3) is 0 Å². The summed E-state index contributed by atoms with van der Waals surface area (Å²) in [5, 5.41) is 14.1. The average molecular weight is 272 g/mol. The molecule has 0 saturated heterocycles. The lowest BCUT2D eigenvalue weighted by molar-refractivity contribution is -0.127. The van der Waals surface area contributed by atoms with E-state index in [9.17, 15) is 9.90 Å². The first-order chi connectivity index (χ1) is 9.65. The Kier molecular flexibility index (Phi) is 3.49. The molecule has 106 valence electrons. The molecule has 2 N–H and O–H groups in total. The number of aliphatic hydroxyl groups is 1. The summed E-state index contributed by atoms with van der Waals surface area (Å²) in [6.45, 7) is 0.285. The molecule has 0 radical (unpaired) electrons. The minimum Gasteiger partial charge on any atom is -0.387 e. The number of benzene rings is 1. The number of carbonyl (C=O) groups excluding carboxylic acids is 1. The Balaban J connectivity index is 1.65. The van der Waals surface area contributed by atoms with E-state index >= 15 is 0 Å². The molecule has 1 aromatic heterocycles. The number of amides is 1. The van der Waals surface area contributed by atoms with Gasteiger partial charge in [-0.25, -0.2) is 0 Å². The summed E-state index contributed by atoms with van der Waals surface area (Å²) < 4.78 is 2.05. The van der Waals surface area contributed by atoms with Crippen LogP contribution in [0.25, 0.3) is 10.9 Å². The standard InChI is InChI=1S/C16H20N2O2/c1-18-8-7-12-9-13(5-6-14(12)18)15(19)10-17-16(20)11-3-2-4-11/h5-9,11,15,19H,2-4,10H2,1H3,(H,17,20)/t15-/m0/s1. The van der Waals surface area contributed by atoms with Crippen LogP contribution in [0.1, 0.15) is 30.9 Å². The summed E-state index contributed by atoms with van der Waals surface area (Å²) in [5.74, 6) is 0.245. The molecular weight excluding hydrogens is 252 g/mol. The Labute approximate surface area is 118 Å². The molecule has 1 fully saturated rings. The highest BCUT2D eigenvalue weighted by atomic mass is 16.3. The summed E-state index contributed by atoms with van der Waals surface area (Å²) in [7, 11) is 2.00. The van der Waals surface area contributed by atoms with Gasteiger partial charge in [0.2, 0.25) is 5.91 Å². The van der Waals surface area contributed by atoms with Gasteiger partial charge in [-0.3, -0.25) is 4.79 Å². The highest BCUT2D eigenvalue weighted by Crippen LogP contribution is 2.26. The second-order valence-corrected chi connectivity index (χ2v) is 5.63. The van der Waals surface area contributed by atoms with Crippen LogP contribution in [0.3, 0.4) is 0 Å². The van der Waals surface area contributed by atoms with Gasteiger partial charge < -0.3 is 15.0 Å². The largest absolute Gasteiger partial charge is 0.387 e. The minimum atomic E-state index is -0.649. The van der Waals surface area contributed by atoms with Gasteiger partial charge in [0.05, 0.1) is 6.10 Å². The number of aliphatic hydroxyl groups excluding tert-OH is 1. The third-order valence-electron chi connectivity index (χ3n) is 4.24. The van der Waals surface area contributed by atoms with Gasteiger partial charge in [-0.15, -0.1) is 0 Å². The Morgan fingerprint density at radius 3 is 2.95 bits per heavy atom. The van der Waals surface area contributed by atoms with Gasteiger partial charge in [0.15, 0.2) is 0 Å². The van der Waals surface area contributed by atoms with Crippen LogP contribution >= 0.6 is 0 Å². The van der Waals surface area contributed by atoms with E-state index in [1.807, 2.05) is 42.1 Å². The monoisotopic (exact) mass is 272 g/mol. The van der Waals surface area contributed by atoms with E-state index in [0.717, 1.165) is 35.7 Å². The van der Waals surface area contributed by atoms with Gasteiger partial charge in [-0.05, 0) is 42.0 Å². The number of hydrogen-bond acceptors (Lipinski definition) is 2. The van der Waals surface area contributed by atoms with E-state index in [2.05, 4.69) is 5.32 Å². The first-order valence-corrected chi connectivity index (χ1v) is 7.16. The Morgan fingerprint density at radius 2 is 2.25 bits per heavy atom. The molecule has 4 nitrogen and oxygen atoms in total. The first-order valence-electron chi connectivity index (χ1n) is 7.16. The van der Waals surface area contributed by atoms with E-state index in [0.29, 0.717) is 0 Å². The van der Waals surface area contributed by atoms with Crippen LogP contribution < -0.4 is 5.32 Å². The zero-order valence-electron chi connectivity index (χ0n) is 11.7. The van der Waals surface area contributed by atoms with Crippen LogP contribution in [-0.2, 0) is 11.8 Å². The SMILES string of the molecule is Cn1ccc2cc([C@@H](O)CNC(=O)C3CCC3)ccc21. The predicted molar refractivity (Wildman–Crippen MR) is 78.2 cm³/mol. The van der Waals surface area contributed by atoms with Gasteiger partial charge in [-0.2, -0.15) is 0 Å². The van der Waals surface area contributed by atoms with Crippen molar-refractivity contribution in [3.63, 3.8) is 0 Å². The average Bonchev–Trinajstić information content (AvgIpc) is 2.75. The molecule has 0 aliphatic heterocycles. The Bertz CT molecular complexity index is 628. The molecule has 2 aromatic rings. The highest BCUT2D eigenvalue weighted by molar-refractivity contribution is 5.81. The smallest absolute Gasteiger partial charge is 0.223 e. The van der Waals surface area contributed by atoms with Crippen molar-refractivity contribution in [3.05, 3.63) is 36.0 Å². The summed E-state index contributed by atoms with van der Waals surface area (Å²) in [4.78, 5) is 11.8. The van der Waals surface area contributed by atoms with Crippen molar-refractivity contribution in [1.82, 2.24) is 9.88 Å². The predicted octanol–water partition coefficient (Wildman–Crippen LogP) is 2.13. The lowest BCUT2D eigenvalue weighted by atomic mass is 9.85. The first kappa shape index (κ1) is 13.2. The maximum absolute atomic E-state index is 11.8. The zero-order valence-corrected chi connectivity index (χ0v) is 11.7. The van der Waals surface area contributed by atoms with Gasteiger partial charge in [0.1, 0.15) is 0 Å². The van der Waals surface area contributed by atoms with Crippen molar-refractivity contribution in [3.8, 4) is 0 Å². The number of hydrogen-bond donors (Lipinski definition) is 2. The maximum Gasteiger partial charge on any atom is 0.223 e. The minimum absolute atomic E-state index is 0.0797. The highest BCUT2D eigenvalue weighted by Gasteiger charge is 2.25. The van der Waals surface area contributed by atoms with Crippen molar-refractivity contribution >= 4 is 16.8 Å². The molecule has 1 atom stereocenters. The quantitative estimate of drug-likeness (QED) is 0.896. The van der Waals surface area contributed by atoms with Crippen LogP contribution in [0.4, 0.5) is 0 Å². The molecule has 1 aromatic carbocycles. The molecule has 1 aliphatic carbocycles. The van der Waals surface area contributed by atoms with Crippen LogP contribution in [0.2, 0.25) is 0 Å². The number of rotatable bonds is 4. The molecule has 1 saturated carbocycles. The van der Waals surface area contributed by atoms with E-state index in [1.165, 1.54) is 0 Å². The van der Waals surface area contributed by atoms with Crippen molar-refractivity contribution < 1.29 is 9.90 Å². The van der Waals surface area contributed by atoms with Gasteiger partial charge in [0, 0.05) is 31.2 Å². The van der Waals surface area contributed by atoms with Crippen molar-refractivity contribution in [2.45, 2.75) is 25.4 Å². The van der Waals surface area contributed by atoms with Crippen molar-refractivity contribution in [2.24, 2.45) is 13.0 Å². The Hall–Kier alpha value is -1.81. The third kappa shape index (κ3) is 2.43. The fourth-order valence-electron chi connectivity index (χ4n) is 2.64. The number of aryl methyl sites for hydroxylation is 1.